The van der Waals surface area contributed by atoms with E-state index in [2.05, 4.69) is 33.1 Å². The van der Waals surface area contributed by atoms with Crippen molar-refractivity contribution in [1.29, 1.82) is 0 Å². The molecule has 0 heterocycles. The van der Waals surface area contributed by atoms with E-state index in [1.165, 1.54) is 0 Å². The van der Waals surface area contributed by atoms with Crippen LogP contribution in [0.2, 0.25) is 0 Å². The molecule has 0 aliphatic rings. The zero-order chi connectivity index (χ0) is 12.1. The number of ether oxygens (including phenoxy) is 1. The maximum absolute atomic E-state index is 5.57. The Kier molecular flexibility index (Phi) is 6.41. The fourth-order valence-electron chi connectivity index (χ4n) is 1.27. The number of nitrogens with two attached hydrogens (primary N) is 1. The quantitative estimate of drug-likeness (QED) is 0.529. The second-order valence-corrected chi connectivity index (χ2v) is 5.75. The van der Waals surface area contributed by atoms with Gasteiger partial charge in [0.25, 0.3) is 0 Å². The number of hydrogen-bond donors (Lipinski definition) is 2. The lowest BCUT2D eigenvalue weighted by atomic mass is 9.78. The summed E-state index contributed by atoms with van der Waals surface area (Å²) in [6.07, 6.45) is 1.32. The summed E-state index contributed by atoms with van der Waals surface area (Å²) in [5.74, 6) is 6.14. The predicted molar refractivity (Wildman–Crippen MR) is 65.4 cm³/mol. The Hall–Kier alpha value is -0.120. The highest BCUT2D eigenvalue weighted by molar-refractivity contribution is 4.75. The van der Waals surface area contributed by atoms with E-state index in [9.17, 15) is 0 Å². The number of rotatable bonds is 6. The average Bonchev–Trinajstić information content (AvgIpc) is 2.09. The summed E-state index contributed by atoms with van der Waals surface area (Å²) in [6.45, 7) is 13.8. The zero-order valence-corrected chi connectivity index (χ0v) is 11.1. The first-order chi connectivity index (χ1) is 6.77. The lowest BCUT2D eigenvalue weighted by molar-refractivity contribution is 0.0515. The molecule has 0 amide bonds. The lowest BCUT2D eigenvalue weighted by Crippen LogP contribution is -2.41. The zero-order valence-electron chi connectivity index (χ0n) is 11.1. The summed E-state index contributed by atoms with van der Waals surface area (Å²) in [5.41, 5.74) is 3.16. The Morgan fingerprint density at radius 2 is 1.73 bits per heavy atom. The molecule has 0 bridgehead atoms. The van der Waals surface area contributed by atoms with Crippen molar-refractivity contribution >= 4 is 0 Å². The van der Waals surface area contributed by atoms with Gasteiger partial charge in [-0.3, -0.25) is 11.3 Å². The first kappa shape index (κ1) is 14.9. The molecule has 0 aromatic heterocycles. The van der Waals surface area contributed by atoms with Gasteiger partial charge in [-0.2, -0.15) is 0 Å². The molecule has 0 saturated heterocycles. The van der Waals surface area contributed by atoms with Gasteiger partial charge in [0.05, 0.1) is 12.7 Å². The van der Waals surface area contributed by atoms with Crippen LogP contribution in [0.15, 0.2) is 0 Å². The van der Waals surface area contributed by atoms with Crippen molar-refractivity contribution < 1.29 is 4.74 Å². The summed E-state index contributed by atoms with van der Waals surface area (Å²) in [7, 11) is 0. The Balaban J connectivity index is 3.99. The van der Waals surface area contributed by atoms with Crippen molar-refractivity contribution in [3.05, 3.63) is 0 Å². The SMILES string of the molecule is CC(C)OCC(CC(C)C(C)(C)C)NN. The number of hydrazine groups is 1. The van der Waals surface area contributed by atoms with Gasteiger partial charge < -0.3 is 4.74 Å². The summed E-state index contributed by atoms with van der Waals surface area (Å²) in [5, 5.41) is 0. The van der Waals surface area contributed by atoms with Crippen molar-refractivity contribution in [3.8, 4) is 0 Å². The van der Waals surface area contributed by atoms with Crippen molar-refractivity contribution in [3.63, 3.8) is 0 Å². The molecule has 15 heavy (non-hydrogen) atoms. The van der Waals surface area contributed by atoms with E-state index in [1.807, 2.05) is 13.8 Å². The van der Waals surface area contributed by atoms with Crippen LogP contribution in [0.5, 0.6) is 0 Å². The molecule has 0 spiro atoms. The largest absolute Gasteiger partial charge is 0.377 e. The molecule has 2 unspecified atom stereocenters. The van der Waals surface area contributed by atoms with Crippen LogP contribution in [-0.4, -0.2) is 18.8 Å². The van der Waals surface area contributed by atoms with Crippen LogP contribution in [0.25, 0.3) is 0 Å². The molecule has 0 fully saturated rings. The summed E-state index contributed by atoms with van der Waals surface area (Å²) >= 11 is 0. The molecule has 0 aromatic rings. The molecular formula is C12H28N2O. The van der Waals surface area contributed by atoms with E-state index in [0.29, 0.717) is 17.9 Å². The van der Waals surface area contributed by atoms with Gasteiger partial charge in [-0.25, -0.2) is 0 Å². The van der Waals surface area contributed by atoms with Gasteiger partial charge >= 0.3 is 0 Å². The lowest BCUT2D eigenvalue weighted by Gasteiger charge is -2.30. The Bertz CT molecular complexity index is 163. The van der Waals surface area contributed by atoms with Crippen LogP contribution < -0.4 is 11.3 Å². The third-order valence-corrected chi connectivity index (χ3v) is 2.98. The number of hydrogen-bond acceptors (Lipinski definition) is 3. The normalized spacial score (nSPS) is 16.8. The van der Waals surface area contributed by atoms with Crippen LogP contribution >= 0.6 is 0 Å². The van der Waals surface area contributed by atoms with Crippen molar-refractivity contribution in [1.82, 2.24) is 5.43 Å². The van der Waals surface area contributed by atoms with Crippen LogP contribution in [0.3, 0.4) is 0 Å². The fourth-order valence-corrected chi connectivity index (χ4v) is 1.27. The molecule has 0 saturated carbocycles. The van der Waals surface area contributed by atoms with E-state index in [4.69, 9.17) is 10.6 Å². The highest BCUT2D eigenvalue weighted by Crippen LogP contribution is 2.28. The van der Waals surface area contributed by atoms with Crippen molar-refractivity contribution in [2.45, 2.75) is 60.1 Å². The van der Waals surface area contributed by atoms with Gasteiger partial charge in [0.15, 0.2) is 0 Å². The summed E-state index contributed by atoms with van der Waals surface area (Å²) in [6, 6.07) is 0.252. The molecule has 0 rings (SSSR count). The van der Waals surface area contributed by atoms with Crippen LogP contribution in [0, 0.1) is 11.3 Å². The van der Waals surface area contributed by atoms with E-state index in [0.717, 1.165) is 6.42 Å². The minimum absolute atomic E-state index is 0.252. The van der Waals surface area contributed by atoms with Crippen molar-refractivity contribution in [2.24, 2.45) is 17.2 Å². The van der Waals surface area contributed by atoms with Gasteiger partial charge in [-0.1, -0.05) is 27.7 Å². The van der Waals surface area contributed by atoms with Crippen LogP contribution in [-0.2, 0) is 4.74 Å². The van der Waals surface area contributed by atoms with Crippen LogP contribution in [0.4, 0.5) is 0 Å². The summed E-state index contributed by atoms with van der Waals surface area (Å²) < 4.78 is 5.57. The average molecular weight is 216 g/mol. The van der Waals surface area contributed by atoms with Gasteiger partial charge in [0.2, 0.25) is 0 Å². The molecule has 92 valence electrons. The first-order valence-corrected chi connectivity index (χ1v) is 5.85. The molecule has 0 aromatic carbocycles. The topological polar surface area (TPSA) is 47.3 Å². The molecule has 3 N–H and O–H groups in total. The van der Waals surface area contributed by atoms with E-state index in [1.54, 1.807) is 0 Å². The van der Waals surface area contributed by atoms with Gasteiger partial charge in [0, 0.05) is 6.04 Å². The third-order valence-electron chi connectivity index (χ3n) is 2.98. The molecule has 0 radical (unpaired) electrons. The van der Waals surface area contributed by atoms with E-state index < -0.39 is 0 Å². The number of nitrogens with one attached hydrogen (secondary N) is 1. The van der Waals surface area contributed by atoms with Crippen LogP contribution in [0.1, 0.15) is 48.0 Å². The molecule has 3 nitrogen and oxygen atoms in total. The maximum atomic E-state index is 5.57. The minimum Gasteiger partial charge on any atom is -0.377 e. The first-order valence-electron chi connectivity index (χ1n) is 5.85. The highest BCUT2D eigenvalue weighted by atomic mass is 16.5. The molecule has 3 heteroatoms. The minimum atomic E-state index is 0.252. The Morgan fingerprint density at radius 1 is 1.20 bits per heavy atom. The van der Waals surface area contributed by atoms with Gasteiger partial charge in [-0.05, 0) is 31.6 Å². The second kappa shape index (κ2) is 6.46. The Morgan fingerprint density at radius 3 is 2.07 bits per heavy atom. The maximum Gasteiger partial charge on any atom is 0.0636 e. The predicted octanol–water partition coefficient (Wildman–Crippen LogP) is 2.32. The van der Waals surface area contributed by atoms with E-state index >= 15 is 0 Å². The summed E-state index contributed by atoms with van der Waals surface area (Å²) in [4.78, 5) is 0. The van der Waals surface area contributed by atoms with E-state index in [-0.39, 0.29) is 12.1 Å². The second-order valence-electron chi connectivity index (χ2n) is 5.75. The monoisotopic (exact) mass is 216 g/mol. The Labute approximate surface area is 94.7 Å². The molecular weight excluding hydrogens is 188 g/mol. The van der Waals surface area contributed by atoms with Gasteiger partial charge in [0.1, 0.15) is 0 Å². The molecule has 0 aliphatic heterocycles. The standard InChI is InChI=1S/C12H28N2O/c1-9(2)15-8-11(14-13)7-10(3)12(4,5)6/h9-11,14H,7-8,13H2,1-6H3. The van der Waals surface area contributed by atoms with Crippen molar-refractivity contribution in [2.75, 3.05) is 6.61 Å². The third kappa shape index (κ3) is 6.88. The highest BCUT2D eigenvalue weighted by Gasteiger charge is 2.23. The fraction of sp³-hybridized carbons (Fsp3) is 1.00. The molecule has 0 aliphatic carbocycles. The molecule has 2 atom stereocenters. The smallest absolute Gasteiger partial charge is 0.0636 e. The van der Waals surface area contributed by atoms with Gasteiger partial charge in [-0.15, -0.1) is 0 Å².